The van der Waals surface area contributed by atoms with Gasteiger partial charge in [0.1, 0.15) is 0 Å². The van der Waals surface area contributed by atoms with Crippen molar-refractivity contribution >= 4 is 5.97 Å². The molecule has 0 bridgehead atoms. The average Bonchev–Trinajstić information content (AvgIpc) is 2.60. The third-order valence-electron chi connectivity index (χ3n) is 2.95. The summed E-state index contributed by atoms with van der Waals surface area (Å²) in [6.45, 7) is 6.43. The second-order valence-corrected chi connectivity index (χ2v) is 3.80. The number of carbonyl (C=O) groups is 1. The Balaban J connectivity index is 2.61. The maximum Gasteiger partial charge on any atom is 0.306 e. The van der Waals surface area contributed by atoms with Gasteiger partial charge in [-0.15, -0.1) is 0 Å². The van der Waals surface area contributed by atoms with Gasteiger partial charge in [0.15, 0.2) is 0 Å². The summed E-state index contributed by atoms with van der Waals surface area (Å²) in [5, 5.41) is 0. The molecule has 0 spiro atoms. The van der Waals surface area contributed by atoms with Gasteiger partial charge >= 0.3 is 5.97 Å². The predicted molar refractivity (Wildman–Crippen MR) is 61.5 cm³/mol. The van der Waals surface area contributed by atoms with Crippen molar-refractivity contribution in [1.82, 2.24) is 0 Å². The number of hydrogen-bond donors (Lipinski definition) is 0. The highest BCUT2D eigenvalue weighted by molar-refractivity contribution is 5.70. The van der Waals surface area contributed by atoms with Gasteiger partial charge in [-0.25, -0.2) is 0 Å². The molecule has 1 unspecified atom stereocenters. The fourth-order valence-electron chi connectivity index (χ4n) is 2.26. The van der Waals surface area contributed by atoms with Gasteiger partial charge in [0, 0.05) is 0 Å². The van der Waals surface area contributed by atoms with Crippen LogP contribution in [-0.2, 0) is 9.53 Å². The fraction of sp³-hybridized carbons (Fsp3) is 0.615. The van der Waals surface area contributed by atoms with E-state index in [0.29, 0.717) is 18.9 Å². The summed E-state index contributed by atoms with van der Waals surface area (Å²) >= 11 is 0. The van der Waals surface area contributed by atoms with Crippen LogP contribution >= 0.6 is 0 Å². The Kier molecular flexibility index (Phi) is 4.60. The van der Waals surface area contributed by atoms with Crippen LogP contribution in [0.4, 0.5) is 0 Å². The molecule has 0 N–H and O–H groups in total. The van der Waals surface area contributed by atoms with Crippen LogP contribution in [0.5, 0.6) is 0 Å². The smallest absolute Gasteiger partial charge is 0.306 e. The molecule has 1 aliphatic rings. The standard InChI is InChI=1S/C13H20O2/c1-4-10-7-8-11(12(10)5-2)9-13(14)15-6-3/h4-5,11H,6-9H2,1-3H3. The molecule has 0 saturated heterocycles. The van der Waals surface area contributed by atoms with Gasteiger partial charge in [0.2, 0.25) is 0 Å². The maximum absolute atomic E-state index is 11.4. The van der Waals surface area contributed by atoms with Crippen LogP contribution in [0.1, 0.15) is 40.0 Å². The lowest BCUT2D eigenvalue weighted by Gasteiger charge is -2.11. The zero-order valence-corrected chi connectivity index (χ0v) is 9.88. The highest BCUT2D eigenvalue weighted by Gasteiger charge is 2.26. The molecule has 0 aromatic heterocycles. The highest BCUT2D eigenvalue weighted by atomic mass is 16.5. The SMILES string of the molecule is CC=C1CCC(CC(=O)OCC)C1=CC. The van der Waals surface area contributed by atoms with Crippen molar-refractivity contribution in [2.45, 2.75) is 40.0 Å². The zero-order chi connectivity index (χ0) is 11.3. The molecule has 2 heteroatoms. The first-order valence-electron chi connectivity index (χ1n) is 5.70. The van der Waals surface area contributed by atoms with E-state index in [0.717, 1.165) is 12.8 Å². The van der Waals surface area contributed by atoms with Gasteiger partial charge in [-0.05, 0) is 50.7 Å². The van der Waals surface area contributed by atoms with Gasteiger partial charge in [-0.3, -0.25) is 4.79 Å². The molecule has 0 heterocycles. The lowest BCUT2D eigenvalue weighted by atomic mass is 9.97. The van der Waals surface area contributed by atoms with E-state index in [-0.39, 0.29) is 5.97 Å². The number of rotatable bonds is 3. The van der Waals surface area contributed by atoms with Crippen LogP contribution in [0.3, 0.4) is 0 Å². The summed E-state index contributed by atoms with van der Waals surface area (Å²) < 4.78 is 4.98. The molecule has 0 aliphatic heterocycles. The van der Waals surface area contributed by atoms with E-state index in [1.54, 1.807) is 0 Å². The first-order chi connectivity index (χ1) is 7.22. The lowest BCUT2D eigenvalue weighted by Crippen LogP contribution is -2.10. The van der Waals surface area contributed by atoms with Gasteiger partial charge in [-0.2, -0.15) is 0 Å². The van der Waals surface area contributed by atoms with Gasteiger partial charge in [0.25, 0.3) is 0 Å². The van der Waals surface area contributed by atoms with Crippen LogP contribution in [0.25, 0.3) is 0 Å². The van der Waals surface area contributed by atoms with Crippen molar-refractivity contribution in [3.8, 4) is 0 Å². The summed E-state index contributed by atoms with van der Waals surface area (Å²) in [6, 6.07) is 0. The second-order valence-electron chi connectivity index (χ2n) is 3.80. The fourth-order valence-corrected chi connectivity index (χ4v) is 2.26. The molecular formula is C13H20O2. The summed E-state index contributed by atoms with van der Waals surface area (Å²) in [6.07, 6.45) is 7.00. The molecule has 0 aromatic rings. The van der Waals surface area contributed by atoms with Gasteiger partial charge in [0.05, 0.1) is 13.0 Å². The second kappa shape index (κ2) is 5.74. The molecule has 0 radical (unpaired) electrons. The van der Waals surface area contributed by atoms with E-state index < -0.39 is 0 Å². The third-order valence-corrected chi connectivity index (χ3v) is 2.95. The Bertz CT molecular complexity index is 287. The van der Waals surface area contributed by atoms with Gasteiger partial charge < -0.3 is 4.74 Å². The van der Waals surface area contributed by atoms with Crippen LogP contribution < -0.4 is 0 Å². The molecule has 15 heavy (non-hydrogen) atoms. The normalized spacial score (nSPS) is 26.2. The topological polar surface area (TPSA) is 26.3 Å². The van der Waals surface area contributed by atoms with Crippen molar-refractivity contribution in [3.05, 3.63) is 23.3 Å². The van der Waals surface area contributed by atoms with Crippen LogP contribution in [0.15, 0.2) is 23.3 Å². The van der Waals surface area contributed by atoms with Crippen molar-refractivity contribution in [2.24, 2.45) is 5.92 Å². The van der Waals surface area contributed by atoms with E-state index in [4.69, 9.17) is 4.74 Å². The molecule has 1 atom stereocenters. The average molecular weight is 208 g/mol. The molecule has 0 aromatic carbocycles. The van der Waals surface area contributed by atoms with E-state index in [1.165, 1.54) is 11.1 Å². The van der Waals surface area contributed by atoms with Crippen LogP contribution in [0, 0.1) is 5.92 Å². The largest absolute Gasteiger partial charge is 0.466 e. The van der Waals surface area contributed by atoms with Crippen molar-refractivity contribution < 1.29 is 9.53 Å². The number of esters is 1. The summed E-state index contributed by atoms with van der Waals surface area (Å²) in [5.41, 5.74) is 2.73. The quantitative estimate of drug-likeness (QED) is 0.665. The molecule has 2 nitrogen and oxygen atoms in total. The number of ether oxygens (including phenoxy) is 1. The molecule has 84 valence electrons. The highest BCUT2D eigenvalue weighted by Crippen LogP contribution is 2.37. The van der Waals surface area contributed by atoms with Crippen molar-refractivity contribution in [2.75, 3.05) is 6.61 Å². The Labute approximate surface area is 92.0 Å². The van der Waals surface area contributed by atoms with E-state index in [2.05, 4.69) is 19.1 Å². The Morgan fingerprint density at radius 2 is 2.20 bits per heavy atom. The minimum Gasteiger partial charge on any atom is -0.466 e. The third kappa shape index (κ3) is 2.95. The first-order valence-corrected chi connectivity index (χ1v) is 5.70. The van der Waals surface area contributed by atoms with Crippen molar-refractivity contribution in [3.63, 3.8) is 0 Å². The van der Waals surface area contributed by atoms with Crippen LogP contribution in [0.2, 0.25) is 0 Å². The predicted octanol–water partition coefficient (Wildman–Crippen LogP) is 3.24. The molecule has 0 amide bonds. The number of hydrogen-bond acceptors (Lipinski definition) is 2. The first kappa shape index (κ1) is 12.0. The van der Waals surface area contributed by atoms with E-state index in [9.17, 15) is 4.79 Å². The monoisotopic (exact) mass is 208 g/mol. The molecule has 1 rings (SSSR count). The molecule has 1 fully saturated rings. The van der Waals surface area contributed by atoms with Gasteiger partial charge in [-0.1, -0.05) is 12.2 Å². The minimum absolute atomic E-state index is 0.0702. The Morgan fingerprint density at radius 3 is 2.73 bits per heavy atom. The molecule has 1 saturated carbocycles. The lowest BCUT2D eigenvalue weighted by molar-refractivity contribution is -0.143. The molecular weight excluding hydrogens is 188 g/mol. The maximum atomic E-state index is 11.4. The number of carbonyl (C=O) groups excluding carboxylic acids is 1. The number of allylic oxidation sites excluding steroid dienone is 4. The van der Waals surface area contributed by atoms with Crippen LogP contribution in [-0.4, -0.2) is 12.6 Å². The Hall–Kier alpha value is -1.05. The molecule has 1 aliphatic carbocycles. The Morgan fingerprint density at radius 1 is 1.47 bits per heavy atom. The minimum atomic E-state index is -0.0702. The van der Waals surface area contributed by atoms with Crippen molar-refractivity contribution in [1.29, 1.82) is 0 Å². The summed E-state index contributed by atoms with van der Waals surface area (Å²) in [4.78, 5) is 11.4. The zero-order valence-electron chi connectivity index (χ0n) is 9.88. The summed E-state index contributed by atoms with van der Waals surface area (Å²) in [5.74, 6) is 0.305. The summed E-state index contributed by atoms with van der Waals surface area (Å²) in [7, 11) is 0. The van der Waals surface area contributed by atoms with E-state index >= 15 is 0 Å². The van der Waals surface area contributed by atoms with E-state index in [1.807, 2.05) is 13.8 Å².